The third kappa shape index (κ3) is 3.77. The van der Waals surface area contributed by atoms with E-state index in [0.29, 0.717) is 24.9 Å². The van der Waals surface area contributed by atoms with E-state index in [-0.39, 0.29) is 12.1 Å². The van der Waals surface area contributed by atoms with Crippen LogP contribution in [0.3, 0.4) is 0 Å². The zero-order valence-corrected chi connectivity index (χ0v) is 15.2. The second-order valence-electron chi connectivity index (χ2n) is 6.72. The number of aromatic nitrogens is 2. The van der Waals surface area contributed by atoms with E-state index in [9.17, 15) is 19.1 Å². The number of aryl methyl sites for hydroxylation is 1. The number of halogens is 1. The summed E-state index contributed by atoms with van der Waals surface area (Å²) in [6.45, 7) is 5.37. The van der Waals surface area contributed by atoms with Gasteiger partial charge in [0.05, 0.1) is 0 Å². The number of carbonyl (C=O) groups is 2. The largest absolute Gasteiger partial charge is 0.480 e. The molecule has 0 radical (unpaired) electrons. The molecule has 0 saturated carbocycles. The number of allylic oxidation sites excluding steroid dienone is 1. The molecule has 6 nitrogen and oxygen atoms in total. The van der Waals surface area contributed by atoms with Crippen LogP contribution < -0.4 is 5.32 Å². The van der Waals surface area contributed by atoms with E-state index in [2.05, 4.69) is 17.0 Å². The molecule has 0 aliphatic heterocycles. The van der Waals surface area contributed by atoms with Crippen molar-refractivity contribution in [2.45, 2.75) is 45.1 Å². The number of carbonyl (C=O) groups excluding carboxylic acids is 1. The lowest BCUT2D eigenvalue weighted by atomic mass is 10.1. The smallest absolute Gasteiger partial charge is 0.326 e. The minimum absolute atomic E-state index is 0.173. The molecule has 0 bridgehead atoms. The highest BCUT2D eigenvalue weighted by molar-refractivity contribution is 5.96. The van der Waals surface area contributed by atoms with E-state index in [4.69, 9.17) is 0 Å². The van der Waals surface area contributed by atoms with Gasteiger partial charge in [-0.3, -0.25) is 4.79 Å². The average Bonchev–Trinajstić information content (AvgIpc) is 3.21. The van der Waals surface area contributed by atoms with Crippen LogP contribution in [0.2, 0.25) is 0 Å². The van der Waals surface area contributed by atoms with Crippen LogP contribution >= 0.6 is 0 Å². The Morgan fingerprint density at radius 3 is 2.89 bits per heavy atom. The first kappa shape index (κ1) is 18.8. The van der Waals surface area contributed by atoms with E-state index in [0.717, 1.165) is 23.2 Å². The molecule has 1 unspecified atom stereocenters. The maximum absolute atomic E-state index is 14.4. The van der Waals surface area contributed by atoms with Gasteiger partial charge in [0.1, 0.15) is 17.5 Å². The van der Waals surface area contributed by atoms with Gasteiger partial charge in [-0.1, -0.05) is 12.1 Å². The lowest BCUT2D eigenvalue weighted by molar-refractivity contribution is -0.139. The van der Waals surface area contributed by atoms with Gasteiger partial charge in [0.15, 0.2) is 5.69 Å². The van der Waals surface area contributed by atoms with Crippen LogP contribution in [0, 0.1) is 12.7 Å². The molecular formula is C20H22FN3O3. The van der Waals surface area contributed by atoms with Crippen LogP contribution in [-0.4, -0.2) is 32.8 Å². The summed E-state index contributed by atoms with van der Waals surface area (Å²) < 4.78 is 15.9. The monoisotopic (exact) mass is 371 g/mol. The topological polar surface area (TPSA) is 84.2 Å². The Balaban J connectivity index is 1.94. The number of rotatable bonds is 7. The van der Waals surface area contributed by atoms with Crippen molar-refractivity contribution in [1.29, 1.82) is 0 Å². The molecule has 1 aromatic carbocycles. The third-order valence-electron chi connectivity index (χ3n) is 4.74. The summed E-state index contributed by atoms with van der Waals surface area (Å²) in [4.78, 5) is 24.1. The fourth-order valence-electron chi connectivity index (χ4n) is 3.37. The van der Waals surface area contributed by atoms with Crippen LogP contribution in [-0.2, 0) is 17.6 Å². The number of amides is 1. The Hall–Kier alpha value is -2.96. The maximum atomic E-state index is 14.4. The molecule has 2 aromatic rings. The minimum Gasteiger partial charge on any atom is -0.480 e. The quantitative estimate of drug-likeness (QED) is 0.733. The molecule has 3 rings (SSSR count). The van der Waals surface area contributed by atoms with Crippen molar-refractivity contribution in [3.8, 4) is 5.69 Å². The molecule has 1 aromatic heterocycles. The predicted octanol–water partition coefficient (Wildman–Crippen LogP) is 2.96. The summed E-state index contributed by atoms with van der Waals surface area (Å²) in [5.41, 5.74) is 2.83. The molecule has 1 heterocycles. The Morgan fingerprint density at radius 1 is 1.44 bits per heavy atom. The third-order valence-corrected chi connectivity index (χ3v) is 4.74. The highest BCUT2D eigenvalue weighted by atomic mass is 19.1. The number of carboxylic acids is 1. The van der Waals surface area contributed by atoms with Crippen LogP contribution in [0.15, 0.2) is 30.9 Å². The van der Waals surface area contributed by atoms with Crippen LogP contribution in [0.4, 0.5) is 4.39 Å². The molecule has 1 aliphatic rings. The van der Waals surface area contributed by atoms with Gasteiger partial charge in [-0.2, -0.15) is 5.10 Å². The SMILES string of the molecule is C=CCCC(NC(=O)c1nn(-c2ccc(C)cc2F)c2c1CCC2)C(=O)O. The van der Waals surface area contributed by atoms with Crippen molar-refractivity contribution in [3.63, 3.8) is 0 Å². The van der Waals surface area contributed by atoms with E-state index >= 15 is 0 Å². The van der Waals surface area contributed by atoms with Gasteiger partial charge in [0.2, 0.25) is 0 Å². The zero-order chi connectivity index (χ0) is 19.6. The number of nitrogens with zero attached hydrogens (tertiary/aromatic N) is 2. The lowest BCUT2D eigenvalue weighted by Gasteiger charge is -2.13. The molecule has 27 heavy (non-hydrogen) atoms. The summed E-state index contributed by atoms with van der Waals surface area (Å²) in [5, 5.41) is 16.2. The van der Waals surface area contributed by atoms with E-state index in [1.165, 1.54) is 10.7 Å². The Bertz CT molecular complexity index is 904. The molecular weight excluding hydrogens is 349 g/mol. The first-order valence-electron chi connectivity index (χ1n) is 8.94. The Kier molecular flexibility index (Phi) is 5.39. The van der Waals surface area contributed by atoms with Crippen molar-refractivity contribution in [2.75, 3.05) is 0 Å². The first-order chi connectivity index (χ1) is 12.9. The Morgan fingerprint density at radius 2 is 2.22 bits per heavy atom. The van der Waals surface area contributed by atoms with Gasteiger partial charge in [0, 0.05) is 11.3 Å². The first-order valence-corrected chi connectivity index (χ1v) is 8.94. The highest BCUT2D eigenvalue weighted by Crippen LogP contribution is 2.29. The van der Waals surface area contributed by atoms with Crippen molar-refractivity contribution in [3.05, 3.63) is 59.2 Å². The summed E-state index contributed by atoms with van der Waals surface area (Å²) >= 11 is 0. The van der Waals surface area contributed by atoms with E-state index < -0.39 is 23.7 Å². The molecule has 1 atom stereocenters. The van der Waals surface area contributed by atoms with Crippen molar-refractivity contribution < 1.29 is 19.1 Å². The molecule has 0 saturated heterocycles. The number of carboxylic acid groups (broad SMARTS) is 1. The molecule has 7 heteroatoms. The lowest BCUT2D eigenvalue weighted by Crippen LogP contribution is -2.41. The summed E-state index contributed by atoms with van der Waals surface area (Å²) in [6, 6.07) is 3.83. The number of hydrogen-bond acceptors (Lipinski definition) is 3. The summed E-state index contributed by atoms with van der Waals surface area (Å²) in [5.74, 6) is -2.06. The maximum Gasteiger partial charge on any atom is 0.326 e. The van der Waals surface area contributed by atoms with Crippen molar-refractivity contribution >= 4 is 11.9 Å². The highest BCUT2D eigenvalue weighted by Gasteiger charge is 2.29. The number of nitrogens with one attached hydrogen (secondary N) is 1. The minimum atomic E-state index is -1.11. The van der Waals surface area contributed by atoms with Gasteiger partial charge in [-0.25, -0.2) is 13.9 Å². The molecule has 0 spiro atoms. The normalized spacial score (nSPS) is 13.9. The standard InChI is InChI=1S/C20H22FN3O3/c1-3-4-7-15(20(26)27)22-19(25)18-13-6-5-8-16(13)24(23-18)17-10-9-12(2)11-14(17)21/h3,9-11,15H,1,4-8H2,2H3,(H,22,25)(H,26,27). The fraction of sp³-hybridized carbons (Fsp3) is 0.350. The van der Waals surface area contributed by atoms with E-state index in [1.807, 2.05) is 0 Å². The fourth-order valence-corrected chi connectivity index (χ4v) is 3.37. The van der Waals surface area contributed by atoms with Gasteiger partial charge in [-0.05, 0) is 56.7 Å². The number of hydrogen-bond donors (Lipinski definition) is 2. The molecule has 142 valence electrons. The van der Waals surface area contributed by atoms with Gasteiger partial charge in [-0.15, -0.1) is 6.58 Å². The van der Waals surface area contributed by atoms with E-state index in [1.54, 1.807) is 25.1 Å². The second kappa shape index (κ2) is 7.73. The van der Waals surface area contributed by atoms with Crippen LogP contribution in [0.5, 0.6) is 0 Å². The predicted molar refractivity (Wildman–Crippen MR) is 98.6 cm³/mol. The number of fused-ring (bicyclic) bond motifs is 1. The molecule has 1 aliphatic carbocycles. The van der Waals surface area contributed by atoms with Gasteiger partial charge >= 0.3 is 5.97 Å². The summed E-state index contributed by atoms with van der Waals surface area (Å²) in [6.07, 6.45) is 4.53. The van der Waals surface area contributed by atoms with Gasteiger partial charge < -0.3 is 10.4 Å². The van der Waals surface area contributed by atoms with Crippen molar-refractivity contribution in [1.82, 2.24) is 15.1 Å². The van der Waals surface area contributed by atoms with Crippen LogP contribution in [0.25, 0.3) is 5.69 Å². The molecule has 1 amide bonds. The zero-order valence-electron chi connectivity index (χ0n) is 15.2. The Labute approximate surface area is 156 Å². The second-order valence-corrected chi connectivity index (χ2v) is 6.72. The number of aliphatic carboxylic acids is 1. The van der Waals surface area contributed by atoms with Gasteiger partial charge in [0.25, 0.3) is 5.91 Å². The number of benzene rings is 1. The van der Waals surface area contributed by atoms with Crippen LogP contribution in [0.1, 0.15) is 46.6 Å². The van der Waals surface area contributed by atoms with Crippen molar-refractivity contribution in [2.24, 2.45) is 0 Å². The average molecular weight is 371 g/mol. The molecule has 0 fully saturated rings. The summed E-state index contributed by atoms with van der Waals surface area (Å²) in [7, 11) is 0. The molecule has 2 N–H and O–H groups in total.